The quantitative estimate of drug-likeness (QED) is 0.522. The summed E-state index contributed by atoms with van der Waals surface area (Å²) in [5, 5.41) is 11.3. The smallest absolute Gasteiger partial charge is 0.410 e. The highest BCUT2D eigenvalue weighted by Crippen LogP contribution is 2.25. The molecule has 0 unspecified atom stereocenters. The third-order valence-electron chi connectivity index (χ3n) is 5.65. The van der Waals surface area contributed by atoms with Crippen LogP contribution >= 0.6 is 0 Å². The van der Waals surface area contributed by atoms with Crippen molar-refractivity contribution in [3.05, 3.63) is 42.4 Å². The zero-order valence-corrected chi connectivity index (χ0v) is 20.8. The number of nitrogens with one attached hydrogen (secondary N) is 1. The summed E-state index contributed by atoms with van der Waals surface area (Å²) in [6.45, 7) is 6.60. The molecule has 2 amide bonds. The maximum absolute atomic E-state index is 12.6. The van der Waals surface area contributed by atoms with E-state index in [4.69, 9.17) is 14.9 Å². The second-order valence-corrected chi connectivity index (χ2v) is 9.55. The predicted octanol–water partition coefficient (Wildman–Crippen LogP) is 3.20. The van der Waals surface area contributed by atoms with Gasteiger partial charge in [0, 0.05) is 37.4 Å². The molecule has 1 saturated heterocycles. The fourth-order valence-corrected chi connectivity index (χ4v) is 3.85. The Morgan fingerprint density at radius 3 is 2.61 bits per heavy atom. The summed E-state index contributed by atoms with van der Waals surface area (Å²) < 4.78 is 10.8. The van der Waals surface area contributed by atoms with Crippen LogP contribution in [0.15, 0.2) is 41.1 Å². The molecule has 4 rings (SSSR count). The number of piperidine rings is 1. The van der Waals surface area contributed by atoms with E-state index >= 15 is 0 Å². The molecular formula is C24H30N8O4. The van der Waals surface area contributed by atoms with E-state index in [1.807, 2.05) is 44.9 Å². The molecule has 0 radical (unpaired) electrons. The Bertz CT molecular complexity index is 1210. The molecule has 3 aromatic rings. The first-order valence-electron chi connectivity index (χ1n) is 11.6. The summed E-state index contributed by atoms with van der Waals surface area (Å²) in [6.07, 6.45) is 4.37. The van der Waals surface area contributed by atoms with Crippen molar-refractivity contribution in [3.63, 3.8) is 0 Å². The fourth-order valence-electron chi connectivity index (χ4n) is 3.85. The van der Waals surface area contributed by atoms with Crippen molar-refractivity contribution in [1.82, 2.24) is 25.1 Å². The van der Waals surface area contributed by atoms with Crippen molar-refractivity contribution in [2.75, 3.05) is 30.4 Å². The van der Waals surface area contributed by atoms with E-state index in [9.17, 15) is 9.59 Å². The van der Waals surface area contributed by atoms with E-state index in [0.717, 1.165) is 18.4 Å². The lowest BCUT2D eigenvalue weighted by molar-refractivity contribution is 0.0198. The van der Waals surface area contributed by atoms with Gasteiger partial charge in [-0.25, -0.2) is 9.78 Å². The lowest BCUT2D eigenvalue weighted by Gasteiger charge is -2.38. The zero-order chi connectivity index (χ0) is 25.9. The average molecular weight is 495 g/mol. The highest BCUT2D eigenvalue weighted by atomic mass is 16.6. The van der Waals surface area contributed by atoms with Crippen LogP contribution in [0.2, 0.25) is 0 Å². The molecule has 1 fully saturated rings. The molecule has 1 aromatic carbocycles. The number of anilines is 3. The number of rotatable bonds is 6. The number of carbonyl (C=O) groups excluding carboxylic acids is 2. The van der Waals surface area contributed by atoms with Crippen molar-refractivity contribution in [3.8, 4) is 11.5 Å². The summed E-state index contributed by atoms with van der Waals surface area (Å²) in [6, 6.07) is 7.20. The Morgan fingerprint density at radius 1 is 1.22 bits per heavy atom. The molecule has 2 aromatic heterocycles. The lowest BCUT2D eigenvalue weighted by Crippen LogP contribution is -2.50. The Hall–Kier alpha value is -4.22. The van der Waals surface area contributed by atoms with Crippen LogP contribution in [0.1, 0.15) is 44.1 Å². The summed E-state index contributed by atoms with van der Waals surface area (Å²) >= 11 is 0. The van der Waals surface area contributed by atoms with Gasteiger partial charge in [0.2, 0.25) is 11.8 Å². The number of likely N-dealkylation sites (tertiary alicyclic amines) is 1. The zero-order valence-electron chi connectivity index (χ0n) is 20.8. The SMILES string of the molecule is CN(c1nnc(C(N)=O)c(Nc2ccc(-c3ncco3)cc2)n1)[C@@H]1CCCN(C(=O)OC(C)(C)C)C1. The van der Waals surface area contributed by atoms with Crippen molar-refractivity contribution >= 4 is 29.5 Å². The number of hydrogen-bond acceptors (Lipinski definition) is 10. The van der Waals surface area contributed by atoms with Crippen molar-refractivity contribution < 1.29 is 18.7 Å². The summed E-state index contributed by atoms with van der Waals surface area (Å²) in [5.41, 5.74) is 6.33. The van der Waals surface area contributed by atoms with Crippen LogP contribution in [0.5, 0.6) is 0 Å². The fraction of sp³-hybridized carbons (Fsp3) is 0.417. The predicted molar refractivity (Wildman–Crippen MR) is 133 cm³/mol. The molecule has 12 heteroatoms. The first-order chi connectivity index (χ1) is 17.1. The number of amides is 2. The number of carbonyl (C=O) groups is 2. The largest absolute Gasteiger partial charge is 0.445 e. The van der Waals surface area contributed by atoms with Crippen molar-refractivity contribution in [2.24, 2.45) is 5.73 Å². The highest BCUT2D eigenvalue weighted by molar-refractivity contribution is 5.96. The molecule has 190 valence electrons. The van der Waals surface area contributed by atoms with Crippen LogP contribution in [0.25, 0.3) is 11.5 Å². The molecule has 1 aliphatic heterocycles. The van der Waals surface area contributed by atoms with Crippen LogP contribution in [0, 0.1) is 0 Å². The second-order valence-electron chi connectivity index (χ2n) is 9.55. The molecule has 3 heterocycles. The summed E-state index contributed by atoms with van der Waals surface area (Å²) in [4.78, 5) is 36.8. The number of nitrogens with two attached hydrogens (primary N) is 1. The van der Waals surface area contributed by atoms with E-state index < -0.39 is 11.5 Å². The van der Waals surface area contributed by atoms with Crippen molar-refractivity contribution in [2.45, 2.75) is 45.3 Å². The van der Waals surface area contributed by atoms with Gasteiger partial charge in [-0.3, -0.25) is 4.79 Å². The van der Waals surface area contributed by atoms with Crippen LogP contribution in [0.3, 0.4) is 0 Å². The first-order valence-corrected chi connectivity index (χ1v) is 11.6. The van der Waals surface area contributed by atoms with Gasteiger partial charge >= 0.3 is 6.09 Å². The topological polar surface area (TPSA) is 153 Å². The third kappa shape index (κ3) is 5.88. The maximum Gasteiger partial charge on any atom is 0.410 e. The number of benzene rings is 1. The Kier molecular flexibility index (Phi) is 7.04. The normalized spacial score (nSPS) is 15.9. The molecule has 0 aliphatic carbocycles. The third-order valence-corrected chi connectivity index (χ3v) is 5.65. The number of hydrogen-bond donors (Lipinski definition) is 2. The lowest BCUT2D eigenvalue weighted by atomic mass is 10.1. The van der Waals surface area contributed by atoms with Gasteiger partial charge in [0.1, 0.15) is 11.9 Å². The molecule has 1 aliphatic rings. The van der Waals surface area contributed by atoms with E-state index in [1.165, 1.54) is 6.26 Å². The van der Waals surface area contributed by atoms with Gasteiger partial charge in [-0.15, -0.1) is 10.2 Å². The van der Waals surface area contributed by atoms with E-state index in [-0.39, 0.29) is 23.6 Å². The van der Waals surface area contributed by atoms with Crippen LogP contribution in [-0.4, -0.2) is 68.8 Å². The minimum absolute atomic E-state index is 0.0552. The minimum atomic E-state index is -0.753. The molecule has 12 nitrogen and oxygen atoms in total. The molecule has 0 spiro atoms. The Balaban J connectivity index is 1.52. The van der Waals surface area contributed by atoms with E-state index in [1.54, 1.807) is 23.2 Å². The monoisotopic (exact) mass is 494 g/mol. The number of oxazole rings is 1. The molecule has 36 heavy (non-hydrogen) atoms. The second kappa shape index (κ2) is 10.2. The molecule has 0 bridgehead atoms. The van der Waals surface area contributed by atoms with Gasteiger partial charge in [-0.2, -0.15) is 4.98 Å². The van der Waals surface area contributed by atoms with E-state index in [2.05, 4.69) is 25.5 Å². The Labute approximate surface area is 208 Å². The van der Waals surface area contributed by atoms with Gasteiger partial charge in [-0.1, -0.05) is 0 Å². The van der Waals surface area contributed by atoms with Crippen LogP contribution in [-0.2, 0) is 4.74 Å². The van der Waals surface area contributed by atoms with Crippen LogP contribution < -0.4 is 16.0 Å². The van der Waals surface area contributed by atoms with Gasteiger partial charge < -0.3 is 30.0 Å². The molecule has 0 saturated carbocycles. The number of ether oxygens (including phenoxy) is 1. The highest BCUT2D eigenvalue weighted by Gasteiger charge is 2.31. The molecule has 3 N–H and O–H groups in total. The number of likely N-dealkylation sites (N-methyl/N-ethyl adjacent to an activating group) is 1. The van der Waals surface area contributed by atoms with Crippen LogP contribution in [0.4, 0.5) is 22.2 Å². The number of nitrogens with zero attached hydrogens (tertiary/aromatic N) is 6. The maximum atomic E-state index is 12.6. The average Bonchev–Trinajstić information content (AvgIpc) is 3.38. The van der Waals surface area contributed by atoms with E-state index in [0.29, 0.717) is 30.6 Å². The van der Waals surface area contributed by atoms with Gasteiger partial charge in [0.25, 0.3) is 5.91 Å². The number of aromatic nitrogens is 4. The number of primary amides is 1. The minimum Gasteiger partial charge on any atom is -0.445 e. The standard InChI is InChI=1S/C24H30N8O4/c1-24(2,3)36-23(34)32-12-5-6-17(14-32)31(4)22-28-20(18(19(25)33)29-30-22)27-16-9-7-15(8-10-16)21-26-11-13-35-21/h7-11,13,17H,5-6,12,14H2,1-4H3,(H2,25,33)(H,27,28,30)/t17-/m1/s1. The molecular weight excluding hydrogens is 464 g/mol. The van der Waals surface area contributed by atoms with Gasteiger partial charge in [-0.05, 0) is 57.9 Å². The summed E-state index contributed by atoms with van der Waals surface area (Å²) in [7, 11) is 1.83. The van der Waals surface area contributed by atoms with Gasteiger partial charge in [0.15, 0.2) is 11.5 Å². The Morgan fingerprint density at radius 2 is 1.97 bits per heavy atom. The summed E-state index contributed by atoms with van der Waals surface area (Å²) in [5.74, 6) is 0.231. The molecule has 1 atom stereocenters. The first kappa shape index (κ1) is 24.9. The van der Waals surface area contributed by atoms with Gasteiger partial charge in [0.05, 0.1) is 6.20 Å². The van der Waals surface area contributed by atoms with Crippen molar-refractivity contribution in [1.29, 1.82) is 0 Å².